The van der Waals surface area contributed by atoms with E-state index in [4.69, 9.17) is 0 Å². The summed E-state index contributed by atoms with van der Waals surface area (Å²) >= 11 is 0. The first-order valence-electron chi connectivity index (χ1n) is 8.78. The fourth-order valence-electron chi connectivity index (χ4n) is 3.67. The number of carbonyl (C=O) groups is 1. The Hall–Kier alpha value is -2.63. The molecular weight excluding hydrogens is 314 g/mol. The second-order valence-corrected chi connectivity index (χ2v) is 7.02. The van der Waals surface area contributed by atoms with Crippen molar-refractivity contribution < 1.29 is 4.79 Å². The second kappa shape index (κ2) is 5.72. The van der Waals surface area contributed by atoms with Crippen LogP contribution in [0.15, 0.2) is 30.6 Å². The van der Waals surface area contributed by atoms with E-state index in [1.807, 2.05) is 28.6 Å². The Kier molecular flexibility index (Phi) is 3.63. The van der Waals surface area contributed by atoms with Crippen molar-refractivity contribution in [2.24, 2.45) is 0 Å². The first-order valence-corrected chi connectivity index (χ1v) is 8.78. The number of nitrogens with zero attached hydrogens (tertiary/aromatic N) is 5. The quantitative estimate of drug-likeness (QED) is 0.721. The molecule has 0 fully saturated rings. The minimum atomic E-state index is 0.0455. The molecule has 0 aliphatic carbocycles. The summed E-state index contributed by atoms with van der Waals surface area (Å²) in [6.07, 6.45) is 3.87. The fourth-order valence-corrected chi connectivity index (χ4v) is 3.67. The summed E-state index contributed by atoms with van der Waals surface area (Å²) in [5, 5.41) is 5.33. The van der Waals surface area contributed by atoms with Gasteiger partial charge in [-0.15, -0.1) is 0 Å². The fraction of sp³-hybridized carbons (Fsp3) is 0.421. The maximum atomic E-state index is 13.2. The molecule has 3 aromatic heterocycles. The van der Waals surface area contributed by atoms with Crippen molar-refractivity contribution in [1.29, 1.82) is 0 Å². The lowest BCUT2D eigenvalue weighted by Crippen LogP contribution is -2.41. The Bertz CT molecular complexity index is 952. The van der Waals surface area contributed by atoms with Crippen LogP contribution in [0.25, 0.3) is 11.0 Å². The van der Waals surface area contributed by atoms with Gasteiger partial charge in [0.25, 0.3) is 5.91 Å². The minimum absolute atomic E-state index is 0.0455. The molecule has 1 aliphatic rings. The number of pyridine rings is 1. The van der Waals surface area contributed by atoms with E-state index >= 15 is 0 Å². The molecule has 130 valence electrons. The SMILES string of the molecule is Cc1nc2c(cnn2C(C)C)cc1C(=O)N1CCn2cccc2C1C. The summed E-state index contributed by atoms with van der Waals surface area (Å²) in [6.45, 7) is 9.69. The number of fused-ring (bicyclic) bond motifs is 2. The lowest BCUT2D eigenvalue weighted by Gasteiger charge is -2.35. The third kappa shape index (κ3) is 2.44. The molecule has 1 aliphatic heterocycles. The van der Waals surface area contributed by atoms with Crippen LogP contribution in [-0.2, 0) is 6.54 Å². The van der Waals surface area contributed by atoms with Gasteiger partial charge in [-0.2, -0.15) is 5.10 Å². The van der Waals surface area contributed by atoms with E-state index in [1.165, 1.54) is 5.69 Å². The van der Waals surface area contributed by atoms with Crippen molar-refractivity contribution in [2.45, 2.75) is 46.3 Å². The lowest BCUT2D eigenvalue weighted by molar-refractivity contribution is 0.0643. The van der Waals surface area contributed by atoms with Crippen molar-refractivity contribution in [3.8, 4) is 0 Å². The van der Waals surface area contributed by atoms with Gasteiger partial charge >= 0.3 is 0 Å². The van der Waals surface area contributed by atoms with Gasteiger partial charge in [-0.1, -0.05) is 0 Å². The molecule has 0 radical (unpaired) electrons. The van der Waals surface area contributed by atoms with Crippen molar-refractivity contribution in [3.05, 3.63) is 47.5 Å². The van der Waals surface area contributed by atoms with E-state index in [9.17, 15) is 4.79 Å². The van der Waals surface area contributed by atoms with Gasteiger partial charge in [0.1, 0.15) is 0 Å². The molecule has 25 heavy (non-hydrogen) atoms. The summed E-state index contributed by atoms with van der Waals surface area (Å²) in [5.41, 5.74) is 3.44. The van der Waals surface area contributed by atoms with Crippen molar-refractivity contribution in [1.82, 2.24) is 24.2 Å². The average molecular weight is 337 g/mol. The highest BCUT2D eigenvalue weighted by Crippen LogP contribution is 2.28. The molecule has 0 saturated heterocycles. The number of aryl methyl sites for hydroxylation is 1. The summed E-state index contributed by atoms with van der Waals surface area (Å²) < 4.78 is 4.11. The van der Waals surface area contributed by atoms with Crippen LogP contribution >= 0.6 is 0 Å². The zero-order chi connectivity index (χ0) is 17.7. The van der Waals surface area contributed by atoms with E-state index in [1.54, 1.807) is 6.20 Å². The van der Waals surface area contributed by atoms with Gasteiger partial charge in [-0.05, 0) is 45.9 Å². The van der Waals surface area contributed by atoms with E-state index < -0.39 is 0 Å². The summed E-state index contributed by atoms with van der Waals surface area (Å²) in [4.78, 5) is 19.8. The highest BCUT2D eigenvalue weighted by Gasteiger charge is 2.29. The third-order valence-corrected chi connectivity index (χ3v) is 5.08. The number of amides is 1. The van der Waals surface area contributed by atoms with Crippen molar-refractivity contribution in [3.63, 3.8) is 0 Å². The molecule has 0 N–H and O–H groups in total. The molecule has 4 heterocycles. The predicted molar refractivity (Wildman–Crippen MR) is 96.5 cm³/mol. The van der Waals surface area contributed by atoms with Crippen LogP contribution in [0.5, 0.6) is 0 Å². The van der Waals surface area contributed by atoms with E-state index in [2.05, 4.69) is 47.7 Å². The third-order valence-electron chi connectivity index (χ3n) is 5.08. The molecule has 3 aromatic rings. The Labute approximate surface area is 147 Å². The normalized spacial score (nSPS) is 17.3. The predicted octanol–water partition coefficient (Wildman–Crippen LogP) is 3.34. The highest BCUT2D eigenvalue weighted by atomic mass is 16.2. The van der Waals surface area contributed by atoms with E-state index in [0.717, 1.165) is 23.3 Å². The van der Waals surface area contributed by atoms with Crippen molar-refractivity contribution >= 4 is 16.9 Å². The van der Waals surface area contributed by atoms with Crippen LogP contribution < -0.4 is 0 Å². The maximum absolute atomic E-state index is 13.2. The maximum Gasteiger partial charge on any atom is 0.256 e. The summed E-state index contributed by atoms with van der Waals surface area (Å²) in [7, 11) is 0. The van der Waals surface area contributed by atoms with Gasteiger partial charge in [0.05, 0.1) is 23.5 Å². The highest BCUT2D eigenvalue weighted by molar-refractivity contribution is 5.98. The summed E-state index contributed by atoms with van der Waals surface area (Å²) in [5.74, 6) is 0.0455. The number of carbonyl (C=O) groups excluding carboxylic acids is 1. The number of hydrogen-bond donors (Lipinski definition) is 0. The molecule has 1 unspecified atom stereocenters. The molecule has 0 spiro atoms. The number of hydrogen-bond acceptors (Lipinski definition) is 3. The lowest BCUT2D eigenvalue weighted by atomic mass is 10.1. The standard InChI is InChI=1S/C19H23N5O/c1-12(2)24-18-15(11-20-24)10-16(13(3)21-18)19(25)23-9-8-22-7-5-6-17(22)14(23)4/h5-7,10-12,14H,8-9H2,1-4H3. The van der Waals surface area contributed by atoms with Gasteiger partial charge in [0, 0.05) is 36.4 Å². The van der Waals surface area contributed by atoms with E-state index in [0.29, 0.717) is 12.1 Å². The Morgan fingerprint density at radius 1 is 1.32 bits per heavy atom. The van der Waals surface area contributed by atoms with Crippen molar-refractivity contribution in [2.75, 3.05) is 6.54 Å². The average Bonchev–Trinajstić information content (AvgIpc) is 3.20. The van der Waals surface area contributed by atoms with Crippen LogP contribution in [0.3, 0.4) is 0 Å². The Balaban J connectivity index is 1.72. The minimum Gasteiger partial charge on any atom is -0.348 e. The van der Waals surface area contributed by atoms with Gasteiger partial charge in [-0.3, -0.25) is 4.79 Å². The first-order chi connectivity index (χ1) is 12.0. The molecule has 4 rings (SSSR count). The van der Waals surface area contributed by atoms with Crippen LogP contribution in [0.2, 0.25) is 0 Å². The molecule has 6 heteroatoms. The van der Waals surface area contributed by atoms with Crippen LogP contribution in [0, 0.1) is 6.92 Å². The smallest absolute Gasteiger partial charge is 0.256 e. The van der Waals surface area contributed by atoms with Crippen LogP contribution in [0.1, 0.15) is 54.6 Å². The molecule has 0 bridgehead atoms. The summed E-state index contributed by atoms with van der Waals surface area (Å²) in [6, 6.07) is 6.36. The zero-order valence-electron chi connectivity index (χ0n) is 15.1. The van der Waals surface area contributed by atoms with Crippen LogP contribution in [0.4, 0.5) is 0 Å². The number of aromatic nitrogens is 4. The molecule has 0 aromatic carbocycles. The van der Waals surface area contributed by atoms with E-state index in [-0.39, 0.29) is 18.0 Å². The Morgan fingerprint density at radius 3 is 2.88 bits per heavy atom. The zero-order valence-corrected chi connectivity index (χ0v) is 15.1. The first kappa shape index (κ1) is 15.9. The molecule has 1 atom stereocenters. The van der Waals surface area contributed by atoms with Gasteiger partial charge in [-0.25, -0.2) is 9.67 Å². The van der Waals surface area contributed by atoms with Crippen LogP contribution in [-0.4, -0.2) is 36.7 Å². The van der Waals surface area contributed by atoms with Gasteiger partial charge in [0.15, 0.2) is 5.65 Å². The Morgan fingerprint density at radius 2 is 2.12 bits per heavy atom. The monoisotopic (exact) mass is 337 g/mol. The van der Waals surface area contributed by atoms with Gasteiger partial charge in [0.2, 0.25) is 0 Å². The molecule has 6 nitrogen and oxygen atoms in total. The molecule has 1 amide bonds. The van der Waals surface area contributed by atoms with Gasteiger partial charge < -0.3 is 9.47 Å². The second-order valence-electron chi connectivity index (χ2n) is 7.02. The number of rotatable bonds is 2. The molecular formula is C19H23N5O. The largest absolute Gasteiger partial charge is 0.348 e. The molecule has 0 saturated carbocycles. The topological polar surface area (TPSA) is 56.0 Å².